The van der Waals surface area contributed by atoms with Crippen LogP contribution < -0.4 is 30.5 Å². The number of hydrogen-bond donors (Lipinski definition) is 3. The minimum Gasteiger partial charge on any atom is -0.495 e. The average molecular weight is 536 g/mol. The van der Waals surface area contributed by atoms with Crippen LogP contribution in [0.4, 0.5) is 27.5 Å². The fraction of sp³-hybridized carbons (Fsp3) is 0.310. The number of halogens is 1. The lowest BCUT2D eigenvalue weighted by Crippen LogP contribution is -2.47. The van der Waals surface area contributed by atoms with Gasteiger partial charge in [0, 0.05) is 54.8 Å². The molecule has 1 heterocycles. The largest absolute Gasteiger partial charge is 0.495 e. The van der Waals surface area contributed by atoms with Crippen molar-refractivity contribution in [3.63, 3.8) is 0 Å². The Balaban J connectivity index is 1.49. The van der Waals surface area contributed by atoms with Gasteiger partial charge >= 0.3 is 6.03 Å². The summed E-state index contributed by atoms with van der Waals surface area (Å²) in [6.07, 6.45) is 0.831. The van der Waals surface area contributed by atoms with Gasteiger partial charge in [-0.05, 0) is 61.4 Å². The monoisotopic (exact) mass is 535 g/mol. The predicted molar refractivity (Wildman–Crippen MR) is 155 cm³/mol. The number of rotatable bonds is 8. The second-order valence-corrected chi connectivity index (χ2v) is 9.58. The number of nitrogens with zero attached hydrogens (tertiary/aromatic N) is 2. The number of piperazine rings is 1. The van der Waals surface area contributed by atoms with E-state index in [0.29, 0.717) is 28.5 Å². The number of nitrogens with one attached hydrogen (secondary N) is 3. The van der Waals surface area contributed by atoms with Gasteiger partial charge in [0.2, 0.25) is 0 Å². The molecule has 3 N–H and O–H groups in total. The minimum absolute atomic E-state index is 0.164. The highest BCUT2D eigenvalue weighted by molar-refractivity contribution is 6.31. The first-order chi connectivity index (χ1) is 18.4. The molecule has 0 spiro atoms. The quantitative estimate of drug-likeness (QED) is 0.341. The Hall–Kier alpha value is -3.91. The predicted octanol–water partition coefficient (Wildman–Crippen LogP) is 5.77. The molecule has 1 aliphatic heterocycles. The molecule has 0 radical (unpaired) electrons. The van der Waals surface area contributed by atoms with E-state index in [2.05, 4.69) is 31.8 Å². The first kappa shape index (κ1) is 27.1. The van der Waals surface area contributed by atoms with Crippen LogP contribution in [0.1, 0.15) is 29.3 Å². The number of urea groups is 1. The van der Waals surface area contributed by atoms with Crippen LogP contribution in [0.25, 0.3) is 0 Å². The Bertz CT molecular complexity index is 1290. The summed E-state index contributed by atoms with van der Waals surface area (Å²) in [7, 11) is 1.68. The van der Waals surface area contributed by atoms with Gasteiger partial charge in [0.05, 0.1) is 18.4 Å². The van der Waals surface area contributed by atoms with Gasteiger partial charge in [-0.1, -0.05) is 36.7 Å². The summed E-state index contributed by atoms with van der Waals surface area (Å²) in [4.78, 5) is 30.3. The van der Waals surface area contributed by atoms with Crippen LogP contribution in [0.2, 0.25) is 5.02 Å². The highest BCUT2D eigenvalue weighted by Gasteiger charge is 2.23. The molecule has 1 aliphatic rings. The summed E-state index contributed by atoms with van der Waals surface area (Å²) >= 11 is 6.17. The number of hydrogen-bond acceptors (Lipinski definition) is 5. The van der Waals surface area contributed by atoms with Crippen molar-refractivity contribution in [1.29, 1.82) is 0 Å². The molecular weight excluding hydrogens is 502 g/mol. The van der Waals surface area contributed by atoms with Crippen LogP contribution in [0.3, 0.4) is 0 Å². The van der Waals surface area contributed by atoms with Crippen LogP contribution in [0.15, 0.2) is 60.7 Å². The number of benzene rings is 3. The molecule has 0 aromatic heterocycles. The molecule has 0 saturated carbocycles. The fourth-order valence-corrected chi connectivity index (χ4v) is 4.63. The van der Waals surface area contributed by atoms with Crippen LogP contribution in [-0.2, 0) is 0 Å². The second kappa shape index (κ2) is 12.6. The Morgan fingerprint density at radius 1 is 0.895 bits per heavy atom. The number of anilines is 4. The molecule has 3 amide bonds. The molecule has 0 aliphatic carbocycles. The van der Waals surface area contributed by atoms with Crippen molar-refractivity contribution < 1.29 is 14.3 Å². The van der Waals surface area contributed by atoms with Gasteiger partial charge in [-0.15, -0.1) is 0 Å². The zero-order valence-corrected chi connectivity index (χ0v) is 22.8. The maximum atomic E-state index is 13.1. The fourth-order valence-electron chi connectivity index (χ4n) is 4.45. The molecule has 0 unspecified atom stereocenters. The molecule has 3 aromatic carbocycles. The maximum Gasteiger partial charge on any atom is 0.323 e. The van der Waals surface area contributed by atoms with E-state index in [4.69, 9.17) is 16.3 Å². The van der Waals surface area contributed by atoms with E-state index in [1.165, 1.54) is 0 Å². The zero-order chi connectivity index (χ0) is 27.1. The Labute approximate surface area is 228 Å². The van der Waals surface area contributed by atoms with Gasteiger partial charge in [0.15, 0.2) is 0 Å². The zero-order valence-electron chi connectivity index (χ0n) is 22.0. The summed E-state index contributed by atoms with van der Waals surface area (Å²) in [6, 6.07) is 18.4. The summed E-state index contributed by atoms with van der Waals surface area (Å²) in [5, 5.41) is 9.17. The third kappa shape index (κ3) is 6.50. The number of ether oxygens (including phenoxy) is 1. The number of carbonyl (C=O) groups excluding carboxylic acids is 2. The maximum absolute atomic E-state index is 13.1. The Morgan fingerprint density at radius 3 is 2.18 bits per heavy atom. The van der Waals surface area contributed by atoms with Crippen molar-refractivity contribution >= 4 is 46.3 Å². The third-order valence-electron chi connectivity index (χ3n) is 6.51. The van der Waals surface area contributed by atoms with Crippen molar-refractivity contribution in [3.05, 3.63) is 76.8 Å². The lowest BCUT2D eigenvalue weighted by Gasteiger charge is -2.38. The third-order valence-corrected chi connectivity index (χ3v) is 6.92. The lowest BCUT2D eigenvalue weighted by molar-refractivity contribution is 0.0954. The summed E-state index contributed by atoms with van der Waals surface area (Å²) < 4.78 is 5.54. The highest BCUT2D eigenvalue weighted by Crippen LogP contribution is 2.31. The Morgan fingerprint density at radius 2 is 1.53 bits per heavy atom. The normalized spacial score (nSPS) is 13.2. The molecule has 4 rings (SSSR count). The van der Waals surface area contributed by atoms with Crippen LogP contribution in [0.5, 0.6) is 5.75 Å². The lowest BCUT2D eigenvalue weighted by atomic mass is 10.1. The van der Waals surface area contributed by atoms with E-state index in [1.54, 1.807) is 25.3 Å². The number of para-hydroxylation sites is 2. The van der Waals surface area contributed by atoms with Crippen molar-refractivity contribution in [2.45, 2.75) is 20.3 Å². The van der Waals surface area contributed by atoms with E-state index in [9.17, 15) is 9.59 Å². The number of carbonyl (C=O) groups is 2. The van der Waals surface area contributed by atoms with Gasteiger partial charge < -0.3 is 30.5 Å². The number of aryl methyl sites for hydroxylation is 1. The molecule has 9 heteroatoms. The van der Waals surface area contributed by atoms with Gasteiger partial charge in [-0.25, -0.2) is 4.79 Å². The SMILES string of the molecule is CCCNC(=O)c1cc(NC(=O)Nc2ccc(C)c(Cl)c2)ccc1N1CCN(c2ccccc2OC)CC1. The number of amides is 3. The van der Waals surface area contributed by atoms with E-state index in [0.717, 1.165) is 55.3 Å². The van der Waals surface area contributed by atoms with Crippen molar-refractivity contribution in [3.8, 4) is 5.75 Å². The van der Waals surface area contributed by atoms with Crippen LogP contribution >= 0.6 is 11.6 Å². The molecule has 8 nitrogen and oxygen atoms in total. The van der Waals surface area contributed by atoms with Crippen LogP contribution in [0, 0.1) is 6.92 Å². The molecule has 1 saturated heterocycles. The molecule has 1 fully saturated rings. The summed E-state index contributed by atoms with van der Waals surface area (Å²) in [5.41, 5.74) is 4.48. The first-order valence-corrected chi connectivity index (χ1v) is 13.2. The molecule has 0 atom stereocenters. The smallest absolute Gasteiger partial charge is 0.323 e. The first-order valence-electron chi connectivity index (χ1n) is 12.8. The van der Waals surface area contributed by atoms with Crippen molar-refractivity contribution in [2.24, 2.45) is 0 Å². The van der Waals surface area contributed by atoms with E-state index >= 15 is 0 Å². The molecular formula is C29H34ClN5O3. The van der Waals surface area contributed by atoms with Gasteiger partial charge in [-0.2, -0.15) is 0 Å². The van der Waals surface area contributed by atoms with Crippen LogP contribution in [-0.4, -0.2) is 51.8 Å². The van der Waals surface area contributed by atoms with E-state index < -0.39 is 6.03 Å². The highest BCUT2D eigenvalue weighted by atomic mass is 35.5. The van der Waals surface area contributed by atoms with Gasteiger partial charge in [-0.3, -0.25) is 4.79 Å². The second-order valence-electron chi connectivity index (χ2n) is 9.18. The minimum atomic E-state index is -0.414. The molecule has 38 heavy (non-hydrogen) atoms. The van der Waals surface area contributed by atoms with E-state index in [1.807, 2.05) is 50.2 Å². The molecule has 3 aromatic rings. The topological polar surface area (TPSA) is 85.9 Å². The summed E-state index contributed by atoms with van der Waals surface area (Å²) in [5.74, 6) is 0.686. The average Bonchev–Trinajstić information content (AvgIpc) is 2.93. The molecule has 0 bridgehead atoms. The Kier molecular flexibility index (Phi) is 8.97. The number of methoxy groups -OCH3 is 1. The van der Waals surface area contributed by atoms with Gasteiger partial charge in [0.1, 0.15) is 5.75 Å². The van der Waals surface area contributed by atoms with Crippen molar-refractivity contribution in [1.82, 2.24) is 5.32 Å². The van der Waals surface area contributed by atoms with E-state index in [-0.39, 0.29) is 5.91 Å². The van der Waals surface area contributed by atoms with Gasteiger partial charge in [0.25, 0.3) is 5.91 Å². The molecule has 200 valence electrons. The summed E-state index contributed by atoms with van der Waals surface area (Å²) in [6.45, 7) is 7.55. The van der Waals surface area contributed by atoms with Crippen molar-refractivity contribution in [2.75, 3.05) is 60.3 Å². The standard InChI is InChI=1S/C29H34ClN5O3/c1-4-13-31-28(36)23-18-21(32-29(37)33-22-10-9-20(2)24(30)19-22)11-12-25(23)34-14-16-35(17-15-34)26-7-5-6-8-27(26)38-3/h5-12,18-19H,4,13-17H2,1-3H3,(H,31,36)(H2,32,33,37).